The highest BCUT2D eigenvalue weighted by atomic mass is 16.4. The normalized spacial score (nSPS) is 11.4. The quantitative estimate of drug-likeness (QED) is 0.443. The van der Waals surface area contributed by atoms with Gasteiger partial charge in [0, 0.05) is 17.2 Å². The Balaban J connectivity index is 2.01. The fourth-order valence-corrected chi connectivity index (χ4v) is 3.39. The van der Waals surface area contributed by atoms with Gasteiger partial charge >= 0.3 is 5.97 Å². The van der Waals surface area contributed by atoms with E-state index >= 15 is 0 Å². The Hall–Kier alpha value is -3.79. The number of phenolic OH excluding ortho intramolecular Hbond substituents is 2. The van der Waals surface area contributed by atoms with Crippen LogP contribution < -0.4 is 0 Å². The van der Waals surface area contributed by atoms with Crippen molar-refractivity contribution in [3.8, 4) is 22.6 Å². The summed E-state index contributed by atoms with van der Waals surface area (Å²) in [7, 11) is 0. The van der Waals surface area contributed by atoms with Gasteiger partial charge in [0.15, 0.2) is 0 Å². The van der Waals surface area contributed by atoms with E-state index < -0.39 is 5.97 Å². The second-order valence-electron chi connectivity index (χ2n) is 6.29. The summed E-state index contributed by atoms with van der Waals surface area (Å²) in [6.07, 6.45) is 2.60. The summed E-state index contributed by atoms with van der Waals surface area (Å²) in [4.78, 5) is 10.7. The van der Waals surface area contributed by atoms with E-state index in [4.69, 9.17) is 5.11 Å². The number of aliphatic carboxylic acids is 1. The first kappa shape index (κ1) is 16.7. The number of hydrogen-bond acceptors (Lipinski definition) is 3. The molecule has 0 fully saturated rings. The van der Waals surface area contributed by atoms with Crippen molar-refractivity contribution in [3.05, 3.63) is 78.4 Å². The summed E-state index contributed by atoms with van der Waals surface area (Å²) in [5, 5.41) is 33.4. The van der Waals surface area contributed by atoms with Crippen LogP contribution in [0.4, 0.5) is 0 Å². The lowest BCUT2D eigenvalue weighted by atomic mass is 9.91. The molecule has 0 saturated carbocycles. The van der Waals surface area contributed by atoms with Crippen molar-refractivity contribution in [2.75, 3.05) is 0 Å². The fraction of sp³-hybridized carbons (Fsp3) is 0. The van der Waals surface area contributed by atoms with Crippen molar-refractivity contribution in [1.29, 1.82) is 0 Å². The van der Waals surface area contributed by atoms with E-state index in [1.54, 1.807) is 24.3 Å². The number of rotatable bonds is 3. The minimum atomic E-state index is -1.01. The molecule has 0 aromatic heterocycles. The predicted octanol–water partition coefficient (Wildman–Crippen LogP) is 5.17. The zero-order chi connectivity index (χ0) is 19.0. The molecule has 0 aliphatic carbocycles. The van der Waals surface area contributed by atoms with Gasteiger partial charge in [0.2, 0.25) is 0 Å². The number of hydrogen-bond donors (Lipinski definition) is 3. The van der Waals surface area contributed by atoms with E-state index in [-0.39, 0.29) is 11.5 Å². The summed E-state index contributed by atoms with van der Waals surface area (Å²) in [6, 6.07) is 20.0. The maximum Gasteiger partial charge on any atom is 0.328 e. The van der Waals surface area contributed by atoms with Gasteiger partial charge in [-0.2, -0.15) is 0 Å². The van der Waals surface area contributed by atoms with E-state index in [1.165, 1.54) is 6.08 Å². The number of aromatic hydroxyl groups is 2. The topological polar surface area (TPSA) is 77.8 Å². The number of carbonyl (C=O) groups is 1. The molecule has 0 radical (unpaired) electrons. The molecule has 0 atom stereocenters. The maximum atomic E-state index is 10.7. The third kappa shape index (κ3) is 2.98. The van der Waals surface area contributed by atoms with Crippen LogP contribution >= 0.6 is 0 Å². The minimum Gasteiger partial charge on any atom is -0.507 e. The first-order valence-electron chi connectivity index (χ1n) is 8.42. The molecular formula is C23H16O4. The van der Waals surface area contributed by atoms with E-state index in [0.717, 1.165) is 33.2 Å². The molecule has 27 heavy (non-hydrogen) atoms. The molecule has 0 bridgehead atoms. The number of carboxylic acid groups (broad SMARTS) is 1. The van der Waals surface area contributed by atoms with Gasteiger partial charge in [-0.1, -0.05) is 48.5 Å². The Morgan fingerprint density at radius 1 is 0.741 bits per heavy atom. The molecule has 0 aliphatic rings. The molecule has 0 aliphatic heterocycles. The van der Waals surface area contributed by atoms with Crippen molar-refractivity contribution in [2.24, 2.45) is 0 Å². The summed E-state index contributed by atoms with van der Waals surface area (Å²) < 4.78 is 0. The highest BCUT2D eigenvalue weighted by Crippen LogP contribution is 2.44. The lowest BCUT2D eigenvalue weighted by Gasteiger charge is -2.14. The second kappa shape index (κ2) is 6.50. The van der Waals surface area contributed by atoms with Gasteiger partial charge < -0.3 is 15.3 Å². The molecular weight excluding hydrogens is 340 g/mol. The van der Waals surface area contributed by atoms with Crippen molar-refractivity contribution in [3.63, 3.8) is 0 Å². The molecule has 4 aromatic rings. The number of phenols is 2. The van der Waals surface area contributed by atoms with Gasteiger partial charge in [-0.3, -0.25) is 0 Å². The van der Waals surface area contributed by atoms with Crippen molar-refractivity contribution in [2.45, 2.75) is 0 Å². The Labute approximate surface area is 155 Å². The van der Waals surface area contributed by atoms with Crippen molar-refractivity contribution >= 4 is 33.6 Å². The molecule has 3 N–H and O–H groups in total. The average Bonchev–Trinajstić information content (AvgIpc) is 2.67. The highest BCUT2D eigenvalue weighted by molar-refractivity contribution is 6.09. The monoisotopic (exact) mass is 356 g/mol. The SMILES string of the molecule is O=C(O)/C=C/c1ccc2c(-c3c(O)ccc4ccccc34)c(O)ccc2c1. The predicted molar refractivity (Wildman–Crippen MR) is 107 cm³/mol. The summed E-state index contributed by atoms with van der Waals surface area (Å²) in [5.41, 5.74) is 1.87. The van der Waals surface area contributed by atoms with Gasteiger partial charge in [0.1, 0.15) is 11.5 Å². The van der Waals surface area contributed by atoms with Crippen LogP contribution in [0, 0.1) is 0 Å². The standard InChI is InChI=1S/C23H16O4/c24-19-10-7-15-3-1-2-4-17(15)22(19)23-18-9-5-14(6-12-21(26)27)13-16(18)8-11-20(23)25/h1-13,24-25H,(H,26,27)/b12-6+. The van der Waals surface area contributed by atoms with E-state index in [9.17, 15) is 15.0 Å². The highest BCUT2D eigenvalue weighted by Gasteiger charge is 2.16. The largest absolute Gasteiger partial charge is 0.507 e. The van der Waals surface area contributed by atoms with Crippen LogP contribution in [-0.4, -0.2) is 21.3 Å². The summed E-state index contributed by atoms with van der Waals surface area (Å²) >= 11 is 0. The molecule has 4 nitrogen and oxygen atoms in total. The minimum absolute atomic E-state index is 0.0722. The van der Waals surface area contributed by atoms with Crippen LogP contribution in [0.15, 0.2) is 72.8 Å². The van der Waals surface area contributed by atoms with Crippen LogP contribution in [0.1, 0.15) is 5.56 Å². The fourth-order valence-electron chi connectivity index (χ4n) is 3.39. The molecule has 0 unspecified atom stereocenters. The van der Waals surface area contributed by atoms with Crippen LogP contribution in [0.3, 0.4) is 0 Å². The van der Waals surface area contributed by atoms with Crippen molar-refractivity contribution in [1.82, 2.24) is 0 Å². The molecule has 4 rings (SSSR count). The Morgan fingerprint density at radius 2 is 1.37 bits per heavy atom. The van der Waals surface area contributed by atoms with E-state index in [2.05, 4.69) is 0 Å². The molecule has 0 saturated heterocycles. The zero-order valence-corrected chi connectivity index (χ0v) is 14.3. The first-order chi connectivity index (χ1) is 13.0. The Morgan fingerprint density at radius 3 is 2.07 bits per heavy atom. The van der Waals surface area contributed by atoms with Crippen molar-refractivity contribution < 1.29 is 20.1 Å². The van der Waals surface area contributed by atoms with Gasteiger partial charge in [-0.25, -0.2) is 4.79 Å². The van der Waals surface area contributed by atoms with Gasteiger partial charge in [0.05, 0.1) is 0 Å². The van der Waals surface area contributed by atoms with Crippen LogP contribution in [0.5, 0.6) is 11.5 Å². The molecule has 132 valence electrons. The Kier molecular flexibility index (Phi) is 4.01. The average molecular weight is 356 g/mol. The van der Waals surface area contributed by atoms with Crippen LogP contribution in [0.2, 0.25) is 0 Å². The lowest BCUT2D eigenvalue weighted by molar-refractivity contribution is -0.131. The van der Waals surface area contributed by atoms with E-state index in [0.29, 0.717) is 11.1 Å². The molecule has 0 amide bonds. The van der Waals surface area contributed by atoms with Gasteiger partial charge in [-0.05, 0) is 51.4 Å². The lowest BCUT2D eigenvalue weighted by Crippen LogP contribution is -1.88. The van der Waals surface area contributed by atoms with Gasteiger partial charge in [-0.15, -0.1) is 0 Å². The number of carboxylic acids is 1. The van der Waals surface area contributed by atoms with Crippen LogP contribution in [-0.2, 0) is 4.79 Å². The third-order valence-electron chi connectivity index (χ3n) is 4.60. The van der Waals surface area contributed by atoms with Crippen LogP contribution in [0.25, 0.3) is 38.7 Å². The molecule has 0 spiro atoms. The summed E-state index contributed by atoms with van der Waals surface area (Å²) in [6.45, 7) is 0. The number of fused-ring (bicyclic) bond motifs is 2. The third-order valence-corrected chi connectivity index (χ3v) is 4.60. The molecule has 0 heterocycles. The molecule has 4 aromatic carbocycles. The number of benzene rings is 4. The Bertz CT molecular complexity index is 1220. The maximum absolute atomic E-state index is 10.7. The second-order valence-corrected chi connectivity index (χ2v) is 6.29. The van der Waals surface area contributed by atoms with Gasteiger partial charge in [0.25, 0.3) is 0 Å². The smallest absolute Gasteiger partial charge is 0.328 e. The molecule has 4 heteroatoms. The summed E-state index contributed by atoms with van der Waals surface area (Å²) in [5.74, 6) is -0.850. The zero-order valence-electron chi connectivity index (χ0n) is 14.3. The van der Waals surface area contributed by atoms with E-state index in [1.807, 2.05) is 42.5 Å². The first-order valence-corrected chi connectivity index (χ1v) is 8.42.